The minimum Gasteiger partial charge on any atom is -0.457 e. The molecule has 0 aliphatic rings. The Hall–Kier alpha value is -3.70. The number of hydrogen-bond donors (Lipinski definition) is 0. The molecule has 0 radical (unpaired) electrons. The highest BCUT2D eigenvalue weighted by Crippen LogP contribution is 2.32. The molecule has 4 rings (SSSR count). The first-order chi connectivity index (χ1) is 14.7. The molecule has 0 atom stereocenters. The summed E-state index contributed by atoms with van der Waals surface area (Å²) in [4.78, 5) is 23.0. The predicted molar refractivity (Wildman–Crippen MR) is 117 cm³/mol. The van der Waals surface area contributed by atoms with E-state index in [0.717, 1.165) is 16.9 Å². The number of ether oxygens (including phenoxy) is 1. The Balaban J connectivity index is 1.57. The van der Waals surface area contributed by atoms with Crippen LogP contribution in [0.4, 0.5) is 17.3 Å². The van der Waals surface area contributed by atoms with Gasteiger partial charge in [0.15, 0.2) is 0 Å². The van der Waals surface area contributed by atoms with Crippen molar-refractivity contribution in [1.29, 1.82) is 0 Å². The number of halogens is 1. The van der Waals surface area contributed by atoms with E-state index in [9.17, 15) is 4.79 Å². The summed E-state index contributed by atoms with van der Waals surface area (Å²) in [6, 6.07) is 26.6. The summed E-state index contributed by atoms with van der Waals surface area (Å²) in [6.07, 6.45) is 2.94. The highest BCUT2D eigenvalue weighted by atomic mass is 35.5. The summed E-state index contributed by atoms with van der Waals surface area (Å²) in [5, 5.41) is 0.606. The summed E-state index contributed by atoms with van der Waals surface area (Å²) < 4.78 is 5.35. The van der Waals surface area contributed by atoms with Crippen LogP contribution in [-0.2, 0) is 11.3 Å². The van der Waals surface area contributed by atoms with Crippen molar-refractivity contribution in [2.45, 2.75) is 6.61 Å². The highest BCUT2D eigenvalue weighted by Gasteiger charge is 2.17. The third-order valence-corrected chi connectivity index (χ3v) is 4.60. The van der Waals surface area contributed by atoms with Crippen LogP contribution in [0.3, 0.4) is 0 Å². The fourth-order valence-electron chi connectivity index (χ4n) is 2.92. The quantitative estimate of drug-likeness (QED) is 0.364. The molecular weight excluding hydrogens is 398 g/mol. The maximum atomic E-state index is 12.4. The van der Waals surface area contributed by atoms with Gasteiger partial charge in [-0.15, -0.1) is 0 Å². The first kappa shape index (κ1) is 19.6. The second-order valence-corrected chi connectivity index (χ2v) is 6.92. The molecule has 4 aromatic rings. The van der Waals surface area contributed by atoms with E-state index in [1.807, 2.05) is 83.8 Å². The van der Waals surface area contributed by atoms with Crippen LogP contribution >= 0.6 is 11.6 Å². The Morgan fingerprint density at radius 2 is 1.47 bits per heavy atom. The lowest BCUT2D eigenvalue weighted by atomic mass is 10.2. The highest BCUT2D eigenvalue weighted by molar-refractivity contribution is 6.30. The fourth-order valence-corrected chi connectivity index (χ4v) is 3.11. The molecule has 6 heteroatoms. The summed E-state index contributed by atoms with van der Waals surface area (Å²) >= 11 is 6.19. The Bertz CT molecular complexity index is 1120. The van der Waals surface area contributed by atoms with E-state index in [4.69, 9.17) is 16.3 Å². The van der Waals surface area contributed by atoms with E-state index in [1.165, 1.54) is 12.4 Å². The van der Waals surface area contributed by atoms with Gasteiger partial charge in [-0.05, 0) is 35.9 Å². The number of anilines is 3. The molecule has 1 heterocycles. The Labute approximate surface area is 179 Å². The van der Waals surface area contributed by atoms with E-state index in [2.05, 4.69) is 9.97 Å². The Morgan fingerprint density at radius 1 is 0.833 bits per heavy atom. The van der Waals surface area contributed by atoms with Crippen LogP contribution in [0.25, 0.3) is 0 Å². The smallest absolute Gasteiger partial charge is 0.341 e. The number of para-hydroxylation sites is 1. The first-order valence-electron chi connectivity index (χ1n) is 9.34. The SMILES string of the molecule is O=C(OCc1ccccc1)c1cnc(N(c2ccccc2)c2cccc(Cl)c2)nc1. The van der Waals surface area contributed by atoms with Crippen molar-refractivity contribution in [2.24, 2.45) is 0 Å². The number of carbonyl (C=O) groups is 1. The Morgan fingerprint density at radius 3 is 2.13 bits per heavy atom. The van der Waals surface area contributed by atoms with Gasteiger partial charge in [-0.3, -0.25) is 4.90 Å². The van der Waals surface area contributed by atoms with Crippen LogP contribution in [0.15, 0.2) is 97.3 Å². The zero-order valence-corrected chi connectivity index (χ0v) is 16.7. The van der Waals surface area contributed by atoms with Crippen LogP contribution in [-0.4, -0.2) is 15.9 Å². The summed E-state index contributed by atoms with van der Waals surface area (Å²) in [5.41, 5.74) is 2.89. The molecule has 3 aromatic carbocycles. The molecule has 0 aliphatic carbocycles. The maximum absolute atomic E-state index is 12.4. The maximum Gasteiger partial charge on any atom is 0.341 e. The molecule has 0 spiro atoms. The number of rotatable bonds is 6. The molecular formula is C24H18ClN3O2. The normalized spacial score (nSPS) is 10.4. The molecule has 0 unspecified atom stereocenters. The minimum absolute atomic E-state index is 0.195. The number of hydrogen-bond acceptors (Lipinski definition) is 5. The van der Waals surface area contributed by atoms with Crippen LogP contribution < -0.4 is 4.90 Å². The van der Waals surface area contributed by atoms with E-state index >= 15 is 0 Å². The van der Waals surface area contributed by atoms with Crippen LogP contribution in [0.1, 0.15) is 15.9 Å². The molecule has 0 bridgehead atoms. The van der Waals surface area contributed by atoms with Gasteiger partial charge in [-0.2, -0.15) is 0 Å². The van der Waals surface area contributed by atoms with Crippen LogP contribution in [0.2, 0.25) is 5.02 Å². The first-order valence-corrected chi connectivity index (χ1v) is 9.72. The topological polar surface area (TPSA) is 55.3 Å². The second-order valence-electron chi connectivity index (χ2n) is 6.48. The van der Waals surface area contributed by atoms with Gasteiger partial charge in [0.25, 0.3) is 0 Å². The zero-order valence-electron chi connectivity index (χ0n) is 16.0. The number of carbonyl (C=O) groups excluding carboxylic acids is 1. The third kappa shape index (κ3) is 4.64. The van der Waals surface area contributed by atoms with Crippen LogP contribution in [0, 0.1) is 0 Å². The molecule has 0 saturated heterocycles. The van der Waals surface area contributed by atoms with Gasteiger partial charge in [0.1, 0.15) is 6.61 Å². The van der Waals surface area contributed by atoms with Gasteiger partial charge in [-0.25, -0.2) is 14.8 Å². The lowest BCUT2D eigenvalue weighted by molar-refractivity contribution is 0.0471. The second kappa shape index (κ2) is 9.20. The van der Waals surface area contributed by atoms with E-state index in [-0.39, 0.29) is 12.2 Å². The number of nitrogens with zero attached hydrogens (tertiary/aromatic N) is 3. The van der Waals surface area contributed by atoms with Crippen molar-refractivity contribution in [1.82, 2.24) is 9.97 Å². The van der Waals surface area contributed by atoms with Gasteiger partial charge in [0.05, 0.1) is 11.3 Å². The monoisotopic (exact) mass is 415 g/mol. The third-order valence-electron chi connectivity index (χ3n) is 4.37. The minimum atomic E-state index is -0.473. The molecule has 5 nitrogen and oxygen atoms in total. The van der Waals surface area contributed by atoms with Crippen molar-refractivity contribution in [3.05, 3.63) is 113 Å². The van der Waals surface area contributed by atoms with Crippen molar-refractivity contribution in [3.8, 4) is 0 Å². The van der Waals surface area contributed by atoms with Crippen molar-refractivity contribution in [3.63, 3.8) is 0 Å². The standard InChI is InChI=1S/C24H18ClN3O2/c25-20-10-7-13-22(14-20)28(21-11-5-2-6-12-21)24-26-15-19(16-27-24)23(29)30-17-18-8-3-1-4-9-18/h1-16H,17H2. The van der Waals surface area contributed by atoms with Gasteiger partial charge in [-0.1, -0.05) is 66.2 Å². The molecule has 1 aromatic heterocycles. The molecule has 148 valence electrons. The molecule has 0 N–H and O–H groups in total. The van der Waals surface area contributed by atoms with Gasteiger partial charge in [0.2, 0.25) is 5.95 Å². The van der Waals surface area contributed by atoms with Crippen molar-refractivity contribution >= 4 is 34.9 Å². The van der Waals surface area contributed by atoms with Crippen LogP contribution in [0.5, 0.6) is 0 Å². The van der Waals surface area contributed by atoms with Gasteiger partial charge in [0, 0.05) is 23.1 Å². The number of aromatic nitrogens is 2. The molecule has 0 fully saturated rings. The lowest BCUT2D eigenvalue weighted by Crippen LogP contribution is -2.14. The zero-order chi connectivity index (χ0) is 20.8. The van der Waals surface area contributed by atoms with Gasteiger partial charge < -0.3 is 4.74 Å². The van der Waals surface area contributed by atoms with E-state index in [1.54, 1.807) is 6.07 Å². The van der Waals surface area contributed by atoms with E-state index < -0.39 is 5.97 Å². The van der Waals surface area contributed by atoms with Crippen molar-refractivity contribution in [2.75, 3.05) is 4.90 Å². The summed E-state index contributed by atoms with van der Waals surface area (Å²) in [5.74, 6) is -0.0532. The van der Waals surface area contributed by atoms with Gasteiger partial charge >= 0.3 is 5.97 Å². The Kier molecular flexibility index (Phi) is 6.01. The molecule has 0 saturated carbocycles. The van der Waals surface area contributed by atoms with E-state index in [0.29, 0.717) is 11.0 Å². The number of benzene rings is 3. The molecule has 0 amide bonds. The number of esters is 1. The predicted octanol–water partition coefficient (Wildman–Crippen LogP) is 5.96. The largest absolute Gasteiger partial charge is 0.457 e. The molecule has 0 aliphatic heterocycles. The fraction of sp³-hybridized carbons (Fsp3) is 0.0417. The van der Waals surface area contributed by atoms with Crippen molar-refractivity contribution < 1.29 is 9.53 Å². The average molecular weight is 416 g/mol. The summed E-state index contributed by atoms with van der Waals surface area (Å²) in [6.45, 7) is 0.195. The average Bonchev–Trinajstić information content (AvgIpc) is 2.80. The lowest BCUT2D eigenvalue weighted by Gasteiger charge is -2.23. The molecule has 30 heavy (non-hydrogen) atoms. The summed E-state index contributed by atoms with van der Waals surface area (Å²) in [7, 11) is 0.